The molecule has 2 aromatic rings. The summed E-state index contributed by atoms with van der Waals surface area (Å²) >= 11 is 0. The maximum absolute atomic E-state index is 5.68. The van der Waals surface area contributed by atoms with E-state index < -0.39 is 0 Å². The van der Waals surface area contributed by atoms with Gasteiger partial charge in [-0.15, -0.1) is 10.2 Å². The molecule has 0 spiro atoms. The lowest BCUT2D eigenvalue weighted by atomic mass is 10.1. The van der Waals surface area contributed by atoms with E-state index in [-0.39, 0.29) is 6.04 Å². The summed E-state index contributed by atoms with van der Waals surface area (Å²) in [6.45, 7) is 6.89. The van der Waals surface area contributed by atoms with Crippen LogP contribution in [0.3, 0.4) is 0 Å². The summed E-state index contributed by atoms with van der Waals surface area (Å²) in [7, 11) is 1.65. The summed E-state index contributed by atoms with van der Waals surface area (Å²) in [4.78, 5) is 0. The fourth-order valence-corrected chi connectivity index (χ4v) is 1.87. The number of hydrogen-bond donors (Lipinski definition) is 1. The molecule has 1 aromatic carbocycles. The van der Waals surface area contributed by atoms with E-state index in [4.69, 9.17) is 9.15 Å². The number of nitrogens with zero attached hydrogens (tertiary/aromatic N) is 2. The van der Waals surface area contributed by atoms with Crippen LogP contribution in [0.1, 0.15) is 31.3 Å². The van der Waals surface area contributed by atoms with Crippen molar-refractivity contribution in [2.45, 2.75) is 26.8 Å². The number of nitrogens with one attached hydrogen (secondary N) is 1. The van der Waals surface area contributed by atoms with E-state index in [1.807, 2.05) is 39.0 Å². The molecule has 102 valence electrons. The molecular formula is C14H19N3O2. The highest BCUT2D eigenvalue weighted by molar-refractivity contribution is 5.57. The first-order chi connectivity index (χ1) is 9.15. The van der Waals surface area contributed by atoms with Crippen LogP contribution in [0.4, 0.5) is 0 Å². The predicted molar refractivity (Wildman–Crippen MR) is 73.1 cm³/mol. The van der Waals surface area contributed by atoms with Crippen molar-refractivity contribution in [3.8, 4) is 17.2 Å². The summed E-state index contributed by atoms with van der Waals surface area (Å²) < 4.78 is 11.0. The van der Waals surface area contributed by atoms with Crippen LogP contribution in [0.15, 0.2) is 22.6 Å². The Morgan fingerprint density at radius 3 is 2.84 bits per heavy atom. The van der Waals surface area contributed by atoms with Gasteiger partial charge in [-0.1, -0.05) is 13.0 Å². The van der Waals surface area contributed by atoms with Crippen LogP contribution in [0.25, 0.3) is 11.5 Å². The summed E-state index contributed by atoms with van der Waals surface area (Å²) in [5, 5.41) is 11.4. The second kappa shape index (κ2) is 5.84. The lowest BCUT2D eigenvalue weighted by molar-refractivity contribution is 0.411. The van der Waals surface area contributed by atoms with Gasteiger partial charge < -0.3 is 14.5 Å². The predicted octanol–water partition coefficient (Wildman–Crippen LogP) is 2.72. The van der Waals surface area contributed by atoms with Crippen LogP contribution in [0.2, 0.25) is 0 Å². The van der Waals surface area contributed by atoms with Crippen LogP contribution in [0, 0.1) is 6.92 Å². The zero-order chi connectivity index (χ0) is 13.8. The van der Waals surface area contributed by atoms with Crippen molar-refractivity contribution < 1.29 is 9.15 Å². The van der Waals surface area contributed by atoms with Crippen molar-refractivity contribution in [1.82, 2.24) is 15.5 Å². The van der Waals surface area contributed by atoms with Gasteiger partial charge in [0.2, 0.25) is 11.8 Å². The first kappa shape index (κ1) is 13.5. The topological polar surface area (TPSA) is 60.2 Å². The van der Waals surface area contributed by atoms with Crippen molar-refractivity contribution in [3.63, 3.8) is 0 Å². The van der Waals surface area contributed by atoms with Gasteiger partial charge in [0.05, 0.1) is 13.2 Å². The van der Waals surface area contributed by atoms with Crippen LogP contribution < -0.4 is 10.1 Å². The van der Waals surface area contributed by atoms with Crippen molar-refractivity contribution in [3.05, 3.63) is 29.7 Å². The molecule has 0 radical (unpaired) electrons. The Morgan fingerprint density at radius 2 is 2.16 bits per heavy atom. The molecule has 0 aliphatic heterocycles. The highest BCUT2D eigenvalue weighted by atomic mass is 16.5. The van der Waals surface area contributed by atoms with Gasteiger partial charge in [0.25, 0.3) is 0 Å². The quantitative estimate of drug-likeness (QED) is 0.896. The van der Waals surface area contributed by atoms with Gasteiger partial charge in [-0.2, -0.15) is 0 Å². The minimum absolute atomic E-state index is 0.0543. The number of methoxy groups -OCH3 is 1. The van der Waals surface area contributed by atoms with Gasteiger partial charge in [-0.3, -0.25) is 0 Å². The van der Waals surface area contributed by atoms with E-state index >= 15 is 0 Å². The molecule has 1 atom stereocenters. The number of benzene rings is 1. The summed E-state index contributed by atoms with van der Waals surface area (Å²) in [6.07, 6.45) is 0. The zero-order valence-corrected chi connectivity index (χ0v) is 11.7. The maximum Gasteiger partial charge on any atom is 0.247 e. The molecule has 1 heterocycles. The first-order valence-electron chi connectivity index (χ1n) is 6.37. The molecule has 0 amide bonds. The minimum Gasteiger partial charge on any atom is -0.496 e. The molecule has 2 rings (SSSR count). The number of ether oxygens (including phenoxy) is 1. The highest BCUT2D eigenvalue weighted by Crippen LogP contribution is 2.26. The molecule has 1 unspecified atom stereocenters. The number of aromatic nitrogens is 2. The third kappa shape index (κ3) is 2.93. The molecule has 0 saturated carbocycles. The van der Waals surface area contributed by atoms with E-state index in [0.717, 1.165) is 23.4 Å². The molecule has 0 fully saturated rings. The molecular weight excluding hydrogens is 242 g/mol. The molecule has 5 nitrogen and oxygen atoms in total. The Labute approximate surface area is 113 Å². The van der Waals surface area contributed by atoms with Gasteiger partial charge in [0, 0.05) is 5.56 Å². The molecule has 1 N–H and O–H groups in total. The van der Waals surface area contributed by atoms with E-state index in [1.54, 1.807) is 7.11 Å². The lowest BCUT2D eigenvalue weighted by Gasteiger charge is -2.06. The van der Waals surface area contributed by atoms with Crippen molar-refractivity contribution in [2.24, 2.45) is 0 Å². The van der Waals surface area contributed by atoms with Gasteiger partial charge in [0.1, 0.15) is 5.75 Å². The molecule has 5 heteroatoms. The SMILES string of the molecule is CCNC(C)c1nnc(-c2ccc(C)c(OC)c2)o1. The molecule has 19 heavy (non-hydrogen) atoms. The van der Waals surface area contributed by atoms with Crippen LogP contribution in [-0.4, -0.2) is 23.9 Å². The highest BCUT2D eigenvalue weighted by Gasteiger charge is 2.14. The van der Waals surface area contributed by atoms with E-state index in [1.165, 1.54) is 0 Å². The smallest absolute Gasteiger partial charge is 0.247 e. The normalized spacial score (nSPS) is 12.4. The molecule has 0 saturated heterocycles. The zero-order valence-electron chi connectivity index (χ0n) is 11.7. The van der Waals surface area contributed by atoms with E-state index in [2.05, 4.69) is 15.5 Å². The molecule has 0 aliphatic rings. The molecule has 0 bridgehead atoms. The van der Waals surface area contributed by atoms with E-state index in [0.29, 0.717) is 11.8 Å². The van der Waals surface area contributed by atoms with Crippen LogP contribution >= 0.6 is 0 Å². The number of hydrogen-bond acceptors (Lipinski definition) is 5. The molecule has 0 aliphatic carbocycles. The Hall–Kier alpha value is -1.88. The lowest BCUT2D eigenvalue weighted by Crippen LogP contribution is -2.17. The maximum atomic E-state index is 5.68. The number of rotatable bonds is 5. The fourth-order valence-electron chi connectivity index (χ4n) is 1.87. The Bertz CT molecular complexity index is 551. The van der Waals surface area contributed by atoms with Crippen LogP contribution in [-0.2, 0) is 0 Å². The first-order valence-corrected chi connectivity index (χ1v) is 6.37. The Morgan fingerprint density at radius 1 is 1.37 bits per heavy atom. The third-order valence-corrected chi connectivity index (χ3v) is 2.98. The van der Waals surface area contributed by atoms with Gasteiger partial charge in [-0.25, -0.2) is 0 Å². The molecule has 1 aromatic heterocycles. The minimum atomic E-state index is 0.0543. The van der Waals surface area contributed by atoms with Gasteiger partial charge >= 0.3 is 0 Å². The Balaban J connectivity index is 2.27. The third-order valence-electron chi connectivity index (χ3n) is 2.98. The Kier molecular flexibility index (Phi) is 4.16. The van der Waals surface area contributed by atoms with Gasteiger partial charge in [0.15, 0.2) is 0 Å². The van der Waals surface area contributed by atoms with Crippen LogP contribution in [0.5, 0.6) is 5.75 Å². The largest absolute Gasteiger partial charge is 0.496 e. The second-order valence-corrected chi connectivity index (χ2v) is 4.41. The van der Waals surface area contributed by atoms with Gasteiger partial charge in [-0.05, 0) is 38.1 Å². The summed E-state index contributed by atoms with van der Waals surface area (Å²) in [6, 6.07) is 5.89. The second-order valence-electron chi connectivity index (χ2n) is 4.41. The van der Waals surface area contributed by atoms with Crippen molar-refractivity contribution >= 4 is 0 Å². The number of aryl methyl sites for hydroxylation is 1. The fraction of sp³-hybridized carbons (Fsp3) is 0.429. The van der Waals surface area contributed by atoms with Crippen molar-refractivity contribution in [1.29, 1.82) is 0 Å². The summed E-state index contributed by atoms with van der Waals surface area (Å²) in [5.74, 6) is 1.92. The average Bonchev–Trinajstić information content (AvgIpc) is 2.89. The average molecular weight is 261 g/mol. The van der Waals surface area contributed by atoms with E-state index in [9.17, 15) is 0 Å². The standard InChI is InChI=1S/C14H19N3O2/c1-5-15-10(3)13-16-17-14(19-13)11-7-6-9(2)12(8-11)18-4/h6-8,10,15H,5H2,1-4H3. The monoisotopic (exact) mass is 261 g/mol. The summed E-state index contributed by atoms with van der Waals surface area (Å²) in [5.41, 5.74) is 1.94. The van der Waals surface area contributed by atoms with Crippen molar-refractivity contribution in [2.75, 3.05) is 13.7 Å².